The Balaban J connectivity index is 2.12. The molecule has 0 atom stereocenters. The summed E-state index contributed by atoms with van der Waals surface area (Å²) in [6.07, 6.45) is 4.91. The first-order valence-electron chi connectivity index (χ1n) is 6.99. The molecule has 1 aromatic carbocycles. The molecular weight excluding hydrogens is 292 g/mol. The molecule has 1 aromatic heterocycles. The lowest BCUT2D eigenvalue weighted by Gasteiger charge is -2.06. The molecule has 0 bridgehead atoms. The van der Waals surface area contributed by atoms with E-state index >= 15 is 0 Å². The molecule has 23 heavy (non-hydrogen) atoms. The van der Waals surface area contributed by atoms with Crippen molar-refractivity contribution in [3.63, 3.8) is 0 Å². The number of carbonyl (C=O) groups is 1. The number of pyridine rings is 1. The zero-order valence-corrected chi connectivity index (χ0v) is 12.4. The van der Waals surface area contributed by atoms with E-state index in [0.29, 0.717) is 24.2 Å². The molecule has 1 heterocycles. The van der Waals surface area contributed by atoms with Gasteiger partial charge in [0.25, 0.3) is 0 Å². The topological polar surface area (TPSA) is 112 Å². The van der Waals surface area contributed by atoms with E-state index in [0.717, 1.165) is 16.8 Å². The standard InChI is InChI=1S/C17H16N4O2/c18-11-12-4-5-15(16(19)9-12)13-6-8-20-14(10-13)3-1-2-7-21-17(22)23/h1,3-6,8-10,21H,2,7,19H2,(H,22,23). The lowest BCUT2D eigenvalue weighted by Crippen LogP contribution is -2.21. The maximum Gasteiger partial charge on any atom is 0.404 e. The van der Waals surface area contributed by atoms with Crippen LogP contribution in [0.25, 0.3) is 17.2 Å². The SMILES string of the molecule is N#Cc1ccc(-c2ccnc(C=CCCNC(=O)O)c2)c(N)c1. The number of carboxylic acid groups (broad SMARTS) is 1. The van der Waals surface area contributed by atoms with Crippen molar-refractivity contribution >= 4 is 17.9 Å². The van der Waals surface area contributed by atoms with Gasteiger partial charge in [-0.1, -0.05) is 12.1 Å². The van der Waals surface area contributed by atoms with E-state index in [9.17, 15) is 4.79 Å². The molecule has 0 aliphatic rings. The van der Waals surface area contributed by atoms with E-state index in [1.807, 2.05) is 30.4 Å². The fourth-order valence-corrected chi connectivity index (χ4v) is 2.07. The fourth-order valence-electron chi connectivity index (χ4n) is 2.07. The van der Waals surface area contributed by atoms with Gasteiger partial charge in [-0.3, -0.25) is 4.98 Å². The second-order valence-corrected chi connectivity index (χ2v) is 4.81. The summed E-state index contributed by atoms with van der Waals surface area (Å²) in [6, 6.07) is 11.0. The molecule has 0 saturated carbocycles. The molecule has 0 radical (unpaired) electrons. The largest absolute Gasteiger partial charge is 0.465 e. The van der Waals surface area contributed by atoms with Crippen molar-refractivity contribution in [1.29, 1.82) is 5.26 Å². The Morgan fingerprint density at radius 3 is 2.91 bits per heavy atom. The highest BCUT2D eigenvalue weighted by atomic mass is 16.4. The smallest absolute Gasteiger partial charge is 0.404 e. The minimum atomic E-state index is -1.03. The Hall–Kier alpha value is -3.33. The van der Waals surface area contributed by atoms with E-state index in [1.165, 1.54) is 0 Å². The Labute approximate surface area is 133 Å². The molecule has 0 saturated heterocycles. The lowest BCUT2D eigenvalue weighted by molar-refractivity contribution is 0.194. The van der Waals surface area contributed by atoms with Crippen molar-refractivity contribution in [3.05, 3.63) is 53.9 Å². The van der Waals surface area contributed by atoms with E-state index < -0.39 is 6.09 Å². The van der Waals surface area contributed by atoms with Crippen molar-refractivity contribution in [2.75, 3.05) is 12.3 Å². The number of anilines is 1. The molecule has 1 amide bonds. The van der Waals surface area contributed by atoms with Gasteiger partial charge in [-0.05, 0) is 42.3 Å². The molecule has 0 unspecified atom stereocenters. The molecule has 0 aliphatic heterocycles. The highest BCUT2D eigenvalue weighted by Gasteiger charge is 2.04. The number of aromatic nitrogens is 1. The Kier molecular flexibility index (Phi) is 5.31. The van der Waals surface area contributed by atoms with Crippen LogP contribution in [0.3, 0.4) is 0 Å². The van der Waals surface area contributed by atoms with Crippen molar-refractivity contribution in [2.45, 2.75) is 6.42 Å². The summed E-state index contributed by atoms with van der Waals surface area (Å²) in [4.78, 5) is 14.6. The van der Waals surface area contributed by atoms with Crippen LogP contribution >= 0.6 is 0 Å². The van der Waals surface area contributed by atoms with Gasteiger partial charge in [0.05, 0.1) is 17.3 Å². The summed E-state index contributed by atoms with van der Waals surface area (Å²) in [6.45, 7) is 0.355. The summed E-state index contributed by atoms with van der Waals surface area (Å²) in [5.74, 6) is 0. The zero-order valence-electron chi connectivity index (χ0n) is 12.4. The summed E-state index contributed by atoms with van der Waals surface area (Å²) in [5, 5.41) is 19.6. The first-order valence-corrected chi connectivity index (χ1v) is 6.99. The lowest BCUT2D eigenvalue weighted by atomic mass is 10.0. The predicted octanol–water partition coefficient (Wildman–Crippen LogP) is 2.87. The van der Waals surface area contributed by atoms with E-state index in [-0.39, 0.29) is 0 Å². The van der Waals surface area contributed by atoms with E-state index in [1.54, 1.807) is 18.3 Å². The van der Waals surface area contributed by atoms with Crippen molar-refractivity contribution in [2.24, 2.45) is 0 Å². The second kappa shape index (κ2) is 7.61. The van der Waals surface area contributed by atoms with E-state index in [2.05, 4.69) is 16.4 Å². The van der Waals surface area contributed by atoms with Gasteiger partial charge in [-0.2, -0.15) is 5.26 Å². The molecule has 6 nitrogen and oxygen atoms in total. The van der Waals surface area contributed by atoms with Gasteiger partial charge in [0.15, 0.2) is 0 Å². The highest BCUT2D eigenvalue weighted by molar-refractivity contribution is 5.78. The number of nitrogens with zero attached hydrogens (tertiary/aromatic N) is 2. The van der Waals surface area contributed by atoms with Crippen LogP contribution < -0.4 is 11.1 Å². The third-order valence-electron chi connectivity index (χ3n) is 3.15. The fraction of sp³-hybridized carbons (Fsp3) is 0.118. The zero-order chi connectivity index (χ0) is 16.7. The van der Waals surface area contributed by atoms with Gasteiger partial charge >= 0.3 is 6.09 Å². The van der Waals surface area contributed by atoms with Gasteiger partial charge in [0.2, 0.25) is 0 Å². The number of benzene rings is 1. The van der Waals surface area contributed by atoms with Crippen LogP contribution in [0.15, 0.2) is 42.6 Å². The second-order valence-electron chi connectivity index (χ2n) is 4.81. The third kappa shape index (κ3) is 4.58. The Morgan fingerprint density at radius 1 is 1.39 bits per heavy atom. The minimum Gasteiger partial charge on any atom is -0.465 e. The van der Waals surface area contributed by atoms with Crippen molar-refractivity contribution < 1.29 is 9.90 Å². The van der Waals surface area contributed by atoms with Crippen LogP contribution in [0.4, 0.5) is 10.5 Å². The molecule has 116 valence electrons. The first-order chi connectivity index (χ1) is 11.1. The van der Waals surface area contributed by atoms with Crippen LogP contribution in [0.5, 0.6) is 0 Å². The van der Waals surface area contributed by atoms with Crippen molar-refractivity contribution in [1.82, 2.24) is 10.3 Å². The molecule has 0 aliphatic carbocycles. The maximum atomic E-state index is 10.3. The molecule has 0 fully saturated rings. The number of nitriles is 1. The van der Waals surface area contributed by atoms with Crippen LogP contribution in [0.1, 0.15) is 17.7 Å². The number of hydrogen-bond donors (Lipinski definition) is 3. The number of hydrogen-bond acceptors (Lipinski definition) is 4. The van der Waals surface area contributed by atoms with Crippen LogP contribution in [0, 0.1) is 11.3 Å². The van der Waals surface area contributed by atoms with Crippen molar-refractivity contribution in [3.8, 4) is 17.2 Å². The summed E-state index contributed by atoms with van der Waals surface area (Å²) in [7, 11) is 0. The molecule has 6 heteroatoms. The average molecular weight is 308 g/mol. The first kappa shape index (κ1) is 16.0. The van der Waals surface area contributed by atoms with Crippen LogP contribution in [0.2, 0.25) is 0 Å². The number of nitrogen functional groups attached to an aromatic ring is 1. The van der Waals surface area contributed by atoms with Gasteiger partial charge < -0.3 is 16.2 Å². The van der Waals surface area contributed by atoms with E-state index in [4.69, 9.17) is 16.1 Å². The molecular formula is C17H16N4O2. The maximum absolute atomic E-state index is 10.3. The number of nitrogens with one attached hydrogen (secondary N) is 1. The van der Waals surface area contributed by atoms with Crippen LogP contribution in [-0.2, 0) is 0 Å². The van der Waals surface area contributed by atoms with Gasteiger partial charge in [0, 0.05) is 24.0 Å². The third-order valence-corrected chi connectivity index (χ3v) is 3.15. The molecule has 2 rings (SSSR count). The minimum absolute atomic E-state index is 0.355. The van der Waals surface area contributed by atoms with Crippen LogP contribution in [-0.4, -0.2) is 22.7 Å². The average Bonchev–Trinajstić information content (AvgIpc) is 2.54. The quantitative estimate of drug-likeness (QED) is 0.581. The Bertz CT molecular complexity index is 778. The van der Waals surface area contributed by atoms with Gasteiger partial charge in [-0.15, -0.1) is 0 Å². The molecule has 0 spiro atoms. The number of nitrogens with two attached hydrogens (primary N) is 1. The Morgan fingerprint density at radius 2 is 2.22 bits per heavy atom. The van der Waals surface area contributed by atoms with Gasteiger partial charge in [0.1, 0.15) is 0 Å². The summed E-state index contributed by atoms with van der Waals surface area (Å²) < 4.78 is 0. The molecule has 4 N–H and O–H groups in total. The number of rotatable bonds is 5. The summed E-state index contributed by atoms with van der Waals surface area (Å²) >= 11 is 0. The molecule has 2 aromatic rings. The highest BCUT2D eigenvalue weighted by Crippen LogP contribution is 2.27. The predicted molar refractivity (Wildman–Crippen MR) is 88.5 cm³/mol. The number of amides is 1. The van der Waals surface area contributed by atoms with Gasteiger partial charge in [-0.25, -0.2) is 4.79 Å². The normalized spacial score (nSPS) is 10.4. The summed E-state index contributed by atoms with van der Waals surface area (Å²) in [5.41, 5.74) is 9.55. The monoisotopic (exact) mass is 308 g/mol.